The van der Waals surface area contributed by atoms with Crippen LogP contribution in [-0.4, -0.2) is 31.6 Å². The Bertz CT molecular complexity index is 929. The standard InChI is InChI=1S/C19H19ClN4OS/c1-12(13-3-5-15(20)6-4-13)24(16-7-8-16)19(25)17-11-26-18(22-17)14-9-21-23(2)10-14/h3-6,9-12,16H,7-8H2,1-2H3. The summed E-state index contributed by atoms with van der Waals surface area (Å²) in [7, 11) is 1.87. The first-order valence-electron chi connectivity index (χ1n) is 8.55. The van der Waals surface area contributed by atoms with Crippen LogP contribution < -0.4 is 0 Å². The molecule has 0 aliphatic heterocycles. The van der Waals surface area contributed by atoms with Crippen molar-refractivity contribution in [3.63, 3.8) is 0 Å². The van der Waals surface area contributed by atoms with E-state index in [1.165, 1.54) is 11.3 Å². The minimum absolute atomic E-state index is 0.0126. The van der Waals surface area contributed by atoms with Gasteiger partial charge in [-0.25, -0.2) is 4.98 Å². The maximum atomic E-state index is 13.2. The molecular formula is C19H19ClN4OS. The summed E-state index contributed by atoms with van der Waals surface area (Å²) >= 11 is 7.47. The Kier molecular flexibility index (Phi) is 4.54. The van der Waals surface area contributed by atoms with Gasteiger partial charge < -0.3 is 4.90 Å². The lowest BCUT2D eigenvalue weighted by atomic mass is 10.1. The molecule has 26 heavy (non-hydrogen) atoms. The van der Waals surface area contributed by atoms with Crippen molar-refractivity contribution in [1.82, 2.24) is 19.7 Å². The highest BCUT2D eigenvalue weighted by molar-refractivity contribution is 7.13. The molecule has 0 N–H and O–H groups in total. The highest BCUT2D eigenvalue weighted by Gasteiger charge is 2.37. The van der Waals surface area contributed by atoms with Crippen LogP contribution in [0.1, 0.15) is 41.9 Å². The fraction of sp³-hybridized carbons (Fsp3) is 0.316. The molecule has 134 valence electrons. The number of rotatable bonds is 5. The smallest absolute Gasteiger partial charge is 0.274 e. The largest absolute Gasteiger partial charge is 0.328 e. The Morgan fingerprint density at radius 2 is 2.08 bits per heavy atom. The second kappa shape index (κ2) is 6.85. The van der Waals surface area contributed by atoms with Crippen molar-refractivity contribution in [3.8, 4) is 10.6 Å². The topological polar surface area (TPSA) is 51.0 Å². The normalized spacial score (nSPS) is 15.0. The molecule has 1 saturated carbocycles. The lowest BCUT2D eigenvalue weighted by molar-refractivity contribution is 0.0669. The summed E-state index contributed by atoms with van der Waals surface area (Å²) in [6, 6.07) is 7.97. The van der Waals surface area contributed by atoms with Gasteiger partial charge in [0.15, 0.2) is 0 Å². The SMILES string of the molecule is CC(c1ccc(Cl)cc1)N(C(=O)c1csc(-c2cnn(C)c2)n1)C1CC1. The molecule has 0 bridgehead atoms. The van der Waals surface area contributed by atoms with Crippen LogP contribution in [0.5, 0.6) is 0 Å². The molecular weight excluding hydrogens is 368 g/mol. The van der Waals surface area contributed by atoms with Crippen molar-refractivity contribution < 1.29 is 4.79 Å². The van der Waals surface area contributed by atoms with Crippen LogP contribution in [0, 0.1) is 0 Å². The van der Waals surface area contributed by atoms with Gasteiger partial charge in [0.05, 0.1) is 12.2 Å². The first kappa shape index (κ1) is 17.2. The summed E-state index contributed by atoms with van der Waals surface area (Å²) in [5.74, 6) is -0.0126. The molecule has 5 nitrogen and oxygen atoms in total. The van der Waals surface area contributed by atoms with Crippen LogP contribution in [-0.2, 0) is 7.05 Å². The highest BCUT2D eigenvalue weighted by atomic mass is 35.5. The number of amides is 1. The fourth-order valence-corrected chi connectivity index (χ4v) is 3.98. The molecule has 3 aromatic rings. The molecule has 1 aromatic carbocycles. The number of nitrogens with zero attached hydrogens (tertiary/aromatic N) is 4. The van der Waals surface area contributed by atoms with Crippen LogP contribution in [0.4, 0.5) is 0 Å². The predicted octanol–water partition coefficient (Wildman–Crippen LogP) is 4.56. The van der Waals surface area contributed by atoms with E-state index in [0.717, 1.165) is 29.0 Å². The zero-order valence-corrected chi connectivity index (χ0v) is 16.2. The molecule has 1 atom stereocenters. The number of hydrogen-bond donors (Lipinski definition) is 0. The Morgan fingerprint density at radius 1 is 1.35 bits per heavy atom. The van der Waals surface area contributed by atoms with E-state index < -0.39 is 0 Å². The van der Waals surface area contributed by atoms with Crippen molar-refractivity contribution in [2.24, 2.45) is 7.05 Å². The maximum Gasteiger partial charge on any atom is 0.274 e. The van der Waals surface area contributed by atoms with Gasteiger partial charge in [-0.15, -0.1) is 11.3 Å². The van der Waals surface area contributed by atoms with Gasteiger partial charge in [0.25, 0.3) is 5.91 Å². The van der Waals surface area contributed by atoms with Crippen LogP contribution in [0.2, 0.25) is 5.02 Å². The van der Waals surface area contributed by atoms with Crippen molar-refractivity contribution in [1.29, 1.82) is 0 Å². The number of aromatic nitrogens is 3. The summed E-state index contributed by atoms with van der Waals surface area (Å²) in [6.45, 7) is 2.06. The average Bonchev–Trinajstić information content (AvgIpc) is 3.16. The molecule has 1 unspecified atom stereocenters. The Hall–Kier alpha value is -2.18. The zero-order valence-electron chi connectivity index (χ0n) is 14.6. The van der Waals surface area contributed by atoms with Gasteiger partial charge in [0.1, 0.15) is 10.7 Å². The monoisotopic (exact) mass is 386 g/mol. The van der Waals surface area contributed by atoms with E-state index in [9.17, 15) is 4.79 Å². The Balaban J connectivity index is 1.60. The van der Waals surface area contributed by atoms with Gasteiger partial charge in [-0.2, -0.15) is 5.10 Å². The van der Waals surface area contributed by atoms with Crippen LogP contribution in [0.3, 0.4) is 0 Å². The second-order valence-corrected chi connectivity index (χ2v) is 7.91. The third-order valence-corrected chi connectivity index (χ3v) is 5.76. The number of aryl methyl sites for hydroxylation is 1. The number of thiazole rings is 1. The van der Waals surface area contributed by atoms with E-state index in [2.05, 4.69) is 17.0 Å². The number of carbonyl (C=O) groups excluding carboxylic acids is 1. The van der Waals surface area contributed by atoms with Crippen molar-refractivity contribution in [2.45, 2.75) is 31.8 Å². The molecule has 1 aliphatic carbocycles. The van der Waals surface area contributed by atoms with Crippen LogP contribution in [0.15, 0.2) is 42.0 Å². The quantitative estimate of drug-likeness (QED) is 0.645. The van der Waals surface area contributed by atoms with Gasteiger partial charge in [-0.05, 0) is 37.5 Å². The van der Waals surface area contributed by atoms with E-state index in [-0.39, 0.29) is 18.0 Å². The maximum absolute atomic E-state index is 13.2. The molecule has 0 saturated heterocycles. The second-order valence-electron chi connectivity index (χ2n) is 6.61. The lowest BCUT2D eigenvalue weighted by Gasteiger charge is -2.29. The summed E-state index contributed by atoms with van der Waals surface area (Å²) in [6.07, 6.45) is 5.76. The first-order valence-corrected chi connectivity index (χ1v) is 9.81. The van der Waals surface area contributed by atoms with Crippen LogP contribution >= 0.6 is 22.9 Å². The third-order valence-electron chi connectivity index (χ3n) is 4.62. The van der Waals surface area contributed by atoms with Gasteiger partial charge in [0.2, 0.25) is 0 Å². The van der Waals surface area contributed by atoms with Gasteiger partial charge in [-0.1, -0.05) is 23.7 Å². The molecule has 1 fully saturated rings. The minimum atomic E-state index is -0.0178. The summed E-state index contributed by atoms with van der Waals surface area (Å²) in [5.41, 5.74) is 2.51. The summed E-state index contributed by atoms with van der Waals surface area (Å²) < 4.78 is 1.73. The predicted molar refractivity (Wildman–Crippen MR) is 103 cm³/mol. The fourth-order valence-electron chi connectivity index (χ4n) is 3.08. The van der Waals surface area contributed by atoms with Gasteiger partial charge >= 0.3 is 0 Å². The molecule has 0 radical (unpaired) electrons. The number of halogens is 1. The summed E-state index contributed by atoms with van der Waals surface area (Å²) in [5, 5.41) is 7.53. The lowest BCUT2D eigenvalue weighted by Crippen LogP contribution is -2.35. The molecule has 2 heterocycles. The van der Waals surface area contributed by atoms with Crippen LogP contribution in [0.25, 0.3) is 10.6 Å². The zero-order chi connectivity index (χ0) is 18.3. The molecule has 4 rings (SSSR count). The third kappa shape index (κ3) is 3.39. The van der Waals surface area contributed by atoms with E-state index in [0.29, 0.717) is 10.7 Å². The average molecular weight is 387 g/mol. The number of hydrogen-bond acceptors (Lipinski definition) is 4. The molecule has 2 aromatic heterocycles. The first-order chi connectivity index (χ1) is 12.5. The molecule has 0 spiro atoms. The minimum Gasteiger partial charge on any atom is -0.328 e. The van der Waals surface area contributed by atoms with Gasteiger partial charge in [-0.3, -0.25) is 9.48 Å². The van der Waals surface area contributed by atoms with Gasteiger partial charge in [0, 0.05) is 35.3 Å². The Morgan fingerprint density at radius 3 is 2.69 bits per heavy atom. The molecule has 1 amide bonds. The van der Waals surface area contributed by atoms with Crippen molar-refractivity contribution >= 4 is 28.8 Å². The molecule has 7 heteroatoms. The van der Waals surface area contributed by atoms with Crippen molar-refractivity contribution in [3.05, 3.63) is 58.3 Å². The van der Waals surface area contributed by atoms with E-state index in [4.69, 9.17) is 11.6 Å². The summed E-state index contributed by atoms with van der Waals surface area (Å²) in [4.78, 5) is 19.7. The number of carbonyl (C=O) groups is 1. The number of benzene rings is 1. The van der Waals surface area contributed by atoms with E-state index in [1.807, 2.05) is 47.8 Å². The van der Waals surface area contributed by atoms with Crippen molar-refractivity contribution in [2.75, 3.05) is 0 Å². The molecule has 1 aliphatic rings. The highest BCUT2D eigenvalue weighted by Crippen LogP contribution is 2.36. The Labute approximate surface area is 161 Å². The van der Waals surface area contributed by atoms with E-state index >= 15 is 0 Å². The van der Waals surface area contributed by atoms with E-state index in [1.54, 1.807) is 10.9 Å².